The molecule has 1 amide bonds. The standard InChI is InChI=1S/C29H35F4N7O2/c1-16(29(31,32)33)26-19-6-5-7-23(36-24-10-11-39(2)15-22(24)30)20(19)13-25(37-26)34-17-8-9-18(12-17)35-27(41)21-14-40(3)38-28(21)42-4/h5-7,13-14,17-18,22,24,36H,1,8-12,15H2,2-4H3,(H,34,37)(H,35,41). The summed E-state index contributed by atoms with van der Waals surface area (Å²) in [6.45, 7) is 4.29. The van der Waals surface area contributed by atoms with Crippen molar-refractivity contribution in [2.75, 3.05) is 37.9 Å². The van der Waals surface area contributed by atoms with Crippen LogP contribution in [0.15, 0.2) is 37.0 Å². The van der Waals surface area contributed by atoms with Gasteiger partial charge in [-0.25, -0.2) is 9.37 Å². The zero-order valence-electron chi connectivity index (χ0n) is 23.8. The predicted molar refractivity (Wildman–Crippen MR) is 154 cm³/mol. The van der Waals surface area contributed by atoms with Crippen molar-refractivity contribution in [2.45, 2.75) is 56.2 Å². The van der Waals surface area contributed by atoms with E-state index in [9.17, 15) is 22.4 Å². The zero-order valence-corrected chi connectivity index (χ0v) is 23.8. The van der Waals surface area contributed by atoms with Gasteiger partial charge >= 0.3 is 6.18 Å². The van der Waals surface area contributed by atoms with Crippen LogP contribution in [0.4, 0.5) is 29.1 Å². The van der Waals surface area contributed by atoms with Crippen LogP contribution in [0.25, 0.3) is 16.3 Å². The molecule has 13 heteroatoms. The van der Waals surface area contributed by atoms with Gasteiger partial charge in [-0.05, 0) is 44.9 Å². The molecule has 2 aliphatic rings. The Morgan fingerprint density at radius 3 is 2.60 bits per heavy atom. The first-order valence-electron chi connectivity index (χ1n) is 13.9. The fraction of sp³-hybridized carbons (Fsp3) is 0.483. The van der Waals surface area contributed by atoms with Crippen LogP contribution in [0.1, 0.15) is 41.7 Å². The molecule has 42 heavy (non-hydrogen) atoms. The van der Waals surface area contributed by atoms with Crippen molar-refractivity contribution in [3.05, 3.63) is 48.3 Å². The number of ether oxygens (including phenoxy) is 1. The molecule has 1 aliphatic carbocycles. The summed E-state index contributed by atoms with van der Waals surface area (Å²) in [6.07, 6.45) is -1.79. The number of nitrogens with zero attached hydrogens (tertiary/aromatic N) is 4. The molecule has 2 fully saturated rings. The highest BCUT2D eigenvalue weighted by Gasteiger charge is 2.36. The highest BCUT2D eigenvalue weighted by Crippen LogP contribution is 2.38. The van der Waals surface area contributed by atoms with Gasteiger partial charge in [-0.1, -0.05) is 18.7 Å². The fourth-order valence-electron chi connectivity index (χ4n) is 5.75. The number of carbonyl (C=O) groups excluding carboxylic acids is 1. The molecular weight excluding hydrogens is 554 g/mol. The van der Waals surface area contributed by atoms with Gasteiger partial charge in [-0.15, -0.1) is 5.10 Å². The molecule has 0 bridgehead atoms. The van der Waals surface area contributed by atoms with Crippen molar-refractivity contribution in [3.8, 4) is 5.88 Å². The van der Waals surface area contributed by atoms with E-state index in [1.165, 1.54) is 11.8 Å². The van der Waals surface area contributed by atoms with Gasteiger partial charge in [0.1, 0.15) is 17.6 Å². The van der Waals surface area contributed by atoms with Crippen LogP contribution in [0.2, 0.25) is 0 Å². The Morgan fingerprint density at radius 2 is 1.88 bits per heavy atom. The number of aryl methyl sites for hydroxylation is 1. The SMILES string of the molecule is C=C(c1nc(NC2CCC(NC(=O)c3cn(C)nc3OC)C2)cc2c(NC3CCN(C)CC3F)cccc12)C(F)(F)F. The number of methoxy groups -OCH3 is 1. The number of hydrogen-bond donors (Lipinski definition) is 3. The minimum Gasteiger partial charge on any atom is -0.479 e. The molecular formula is C29H35F4N7O2. The average molecular weight is 590 g/mol. The van der Waals surface area contributed by atoms with E-state index in [0.29, 0.717) is 48.9 Å². The van der Waals surface area contributed by atoms with Crippen LogP contribution < -0.4 is 20.7 Å². The van der Waals surface area contributed by atoms with Gasteiger partial charge in [0.15, 0.2) is 0 Å². The van der Waals surface area contributed by atoms with Crippen LogP contribution in [-0.2, 0) is 7.05 Å². The lowest BCUT2D eigenvalue weighted by molar-refractivity contribution is -0.0688. The summed E-state index contributed by atoms with van der Waals surface area (Å²) >= 11 is 0. The molecule has 9 nitrogen and oxygen atoms in total. The second-order valence-electron chi connectivity index (χ2n) is 11.1. The maximum Gasteiger partial charge on any atom is 0.417 e. The lowest BCUT2D eigenvalue weighted by atomic mass is 10.00. The van der Waals surface area contributed by atoms with Crippen molar-refractivity contribution < 1.29 is 27.1 Å². The fourth-order valence-corrected chi connectivity index (χ4v) is 5.75. The van der Waals surface area contributed by atoms with Crippen molar-refractivity contribution in [2.24, 2.45) is 7.05 Å². The smallest absolute Gasteiger partial charge is 0.417 e. The number of benzene rings is 1. The Hall–Kier alpha value is -3.87. The Bertz CT molecular complexity index is 1470. The zero-order chi connectivity index (χ0) is 30.2. The summed E-state index contributed by atoms with van der Waals surface area (Å²) in [6, 6.07) is 5.86. The molecule has 1 saturated heterocycles. The summed E-state index contributed by atoms with van der Waals surface area (Å²) in [5.74, 6) is 0.168. The van der Waals surface area contributed by atoms with Gasteiger partial charge < -0.3 is 25.6 Å². The number of rotatable bonds is 8. The maximum atomic E-state index is 14.8. The number of nitrogens with one attached hydrogen (secondary N) is 3. The number of anilines is 2. The number of allylic oxidation sites excluding steroid dienone is 1. The van der Waals surface area contributed by atoms with E-state index in [1.807, 2.05) is 11.9 Å². The first kappa shape index (κ1) is 29.6. The molecule has 1 aromatic carbocycles. The topological polar surface area (TPSA) is 96.3 Å². The first-order valence-corrected chi connectivity index (χ1v) is 13.9. The minimum absolute atomic E-state index is 0.146. The lowest BCUT2D eigenvalue weighted by Crippen LogP contribution is -2.46. The van der Waals surface area contributed by atoms with E-state index < -0.39 is 24.0 Å². The summed E-state index contributed by atoms with van der Waals surface area (Å²) in [4.78, 5) is 19.1. The molecule has 4 atom stereocenters. The van der Waals surface area contributed by atoms with E-state index in [1.54, 1.807) is 37.5 Å². The van der Waals surface area contributed by atoms with Gasteiger partial charge in [-0.3, -0.25) is 9.48 Å². The van der Waals surface area contributed by atoms with Gasteiger partial charge in [0.2, 0.25) is 5.88 Å². The minimum atomic E-state index is -4.68. The van der Waals surface area contributed by atoms with E-state index >= 15 is 0 Å². The highest BCUT2D eigenvalue weighted by molar-refractivity contribution is 6.01. The molecule has 3 heterocycles. The largest absolute Gasteiger partial charge is 0.479 e. The maximum absolute atomic E-state index is 14.8. The average Bonchev–Trinajstić information content (AvgIpc) is 3.54. The summed E-state index contributed by atoms with van der Waals surface area (Å²) < 4.78 is 63.1. The molecule has 5 rings (SSSR count). The van der Waals surface area contributed by atoms with E-state index in [2.05, 4.69) is 32.6 Å². The Kier molecular flexibility index (Phi) is 8.31. The Morgan fingerprint density at radius 1 is 1.12 bits per heavy atom. The second kappa shape index (κ2) is 11.8. The van der Waals surface area contributed by atoms with Crippen LogP contribution >= 0.6 is 0 Å². The number of amides is 1. The molecule has 1 aliphatic heterocycles. The molecule has 3 N–H and O–H groups in total. The number of hydrogen-bond acceptors (Lipinski definition) is 7. The molecule has 3 aromatic rings. The van der Waals surface area contributed by atoms with Crippen molar-refractivity contribution >= 4 is 33.8 Å². The van der Waals surface area contributed by atoms with Gasteiger partial charge in [-0.2, -0.15) is 13.2 Å². The normalized spacial score (nSPS) is 23.1. The number of carbonyl (C=O) groups is 1. The number of likely N-dealkylation sites (tertiary alicyclic amines) is 1. The van der Waals surface area contributed by atoms with Crippen molar-refractivity contribution in [3.63, 3.8) is 0 Å². The van der Waals surface area contributed by atoms with Crippen LogP contribution in [-0.4, -0.2) is 83.3 Å². The Balaban J connectivity index is 1.38. The summed E-state index contributed by atoms with van der Waals surface area (Å²) in [5, 5.41) is 14.4. The number of halogens is 4. The molecule has 0 spiro atoms. The van der Waals surface area contributed by atoms with E-state index in [-0.39, 0.29) is 47.3 Å². The number of piperidine rings is 1. The third-order valence-corrected chi connectivity index (χ3v) is 7.94. The number of alkyl halides is 4. The van der Waals surface area contributed by atoms with Crippen LogP contribution in [0, 0.1) is 0 Å². The quantitative estimate of drug-likeness (QED) is 0.326. The van der Waals surface area contributed by atoms with Gasteiger partial charge in [0.05, 0.1) is 24.4 Å². The molecule has 0 radical (unpaired) electrons. The lowest BCUT2D eigenvalue weighted by Gasteiger charge is -2.33. The van der Waals surface area contributed by atoms with Crippen molar-refractivity contribution in [1.29, 1.82) is 0 Å². The summed E-state index contributed by atoms with van der Waals surface area (Å²) in [5.41, 5.74) is -0.479. The van der Waals surface area contributed by atoms with E-state index in [0.717, 1.165) is 0 Å². The molecule has 4 unspecified atom stereocenters. The third-order valence-electron chi connectivity index (χ3n) is 7.94. The van der Waals surface area contributed by atoms with Crippen molar-refractivity contribution in [1.82, 2.24) is 25.0 Å². The van der Waals surface area contributed by atoms with Crippen LogP contribution in [0.3, 0.4) is 0 Å². The number of pyridine rings is 1. The molecule has 2 aromatic heterocycles. The Labute approximate surface area is 241 Å². The summed E-state index contributed by atoms with van der Waals surface area (Å²) in [7, 11) is 4.99. The molecule has 1 saturated carbocycles. The predicted octanol–water partition coefficient (Wildman–Crippen LogP) is 4.77. The van der Waals surface area contributed by atoms with Crippen LogP contribution in [0.5, 0.6) is 5.88 Å². The third kappa shape index (κ3) is 6.30. The van der Waals surface area contributed by atoms with Gasteiger partial charge in [0, 0.05) is 54.9 Å². The van der Waals surface area contributed by atoms with E-state index in [4.69, 9.17) is 4.74 Å². The monoisotopic (exact) mass is 589 g/mol. The van der Waals surface area contributed by atoms with Gasteiger partial charge in [0.25, 0.3) is 5.91 Å². The first-order chi connectivity index (χ1) is 19.9. The number of fused-ring (bicyclic) bond motifs is 1. The second-order valence-corrected chi connectivity index (χ2v) is 11.1. The number of aromatic nitrogens is 3. The molecule has 226 valence electrons. The highest BCUT2D eigenvalue weighted by atomic mass is 19.4.